The molecule has 4 heteroatoms. The van der Waals surface area contributed by atoms with Crippen LogP contribution in [0.15, 0.2) is 30.3 Å². The molecule has 1 aliphatic rings. The van der Waals surface area contributed by atoms with Gasteiger partial charge in [-0.25, -0.2) is 0 Å². The molecule has 112 valence electrons. The third-order valence-electron chi connectivity index (χ3n) is 4.14. The molecular weight excluding hydrogens is 266 g/mol. The lowest BCUT2D eigenvalue weighted by atomic mass is 9.95. The van der Waals surface area contributed by atoms with E-state index in [2.05, 4.69) is 0 Å². The van der Waals surface area contributed by atoms with E-state index in [0.29, 0.717) is 19.4 Å². The first-order valence-electron chi connectivity index (χ1n) is 7.35. The van der Waals surface area contributed by atoms with E-state index in [1.54, 1.807) is 4.90 Å². The normalized spacial score (nSPS) is 21.3. The van der Waals surface area contributed by atoms with Gasteiger partial charge in [0.2, 0.25) is 5.91 Å². The number of benzene rings is 1. The van der Waals surface area contributed by atoms with E-state index in [9.17, 15) is 14.4 Å². The number of rotatable bonds is 5. The second-order valence-electron chi connectivity index (χ2n) is 5.73. The standard InChI is InChI=1S/C17H21NO3/c1-12(19)16-10-14(11-18(16)13(2)20)8-9-17(21)15-6-4-3-5-7-15/h3-7,14,16H,8-11H2,1-2H3/t14-,16+/m1/s1. The Morgan fingerprint density at radius 3 is 2.33 bits per heavy atom. The number of carbonyl (C=O) groups excluding carboxylic acids is 3. The van der Waals surface area contributed by atoms with Gasteiger partial charge in [0.1, 0.15) is 0 Å². The molecule has 1 amide bonds. The van der Waals surface area contributed by atoms with Gasteiger partial charge < -0.3 is 4.90 Å². The zero-order valence-electron chi connectivity index (χ0n) is 12.5. The van der Waals surface area contributed by atoms with Gasteiger partial charge in [0.25, 0.3) is 0 Å². The van der Waals surface area contributed by atoms with Crippen molar-refractivity contribution in [1.82, 2.24) is 4.90 Å². The SMILES string of the molecule is CC(=O)[C@@H]1C[C@@H](CCC(=O)c2ccccc2)CN1C(C)=O. The lowest BCUT2D eigenvalue weighted by Crippen LogP contribution is -2.38. The van der Waals surface area contributed by atoms with E-state index in [0.717, 1.165) is 12.0 Å². The summed E-state index contributed by atoms with van der Waals surface area (Å²) in [5.41, 5.74) is 0.724. The molecular formula is C17H21NO3. The first-order chi connectivity index (χ1) is 9.99. The van der Waals surface area contributed by atoms with Crippen molar-refractivity contribution in [3.8, 4) is 0 Å². The van der Waals surface area contributed by atoms with Crippen molar-refractivity contribution in [3.05, 3.63) is 35.9 Å². The molecule has 0 aromatic heterocycles. The minimum Gasteiger partial charge on any atom is -0.333 e. The van der Waals surface area contributed by atoms with Crippen LogP contribution in [0.4, 0.5) is 0 Å². The van der Waals surface area contributed by atoms with Crippen LogP contribution in [0.3, 0.4) is 0 Å². The fraction of sp³-hybridized carbons (Fsp3) is 0.471. The van der Waals surface area contributed by atoms with E-state index in [4.69, 9.17) is 0 Å². The van der Waals surface area contributed by atoms with Crippen LogP contribution in [-0.2, 0) is 9.59 Å². The topological polar surface area (TPSA) is 54.5 Å². The molecule has 1 saturated heterocycles. The monoisotopic (exact) mass is 287 g/mol. The molecule has 0 aliphatic carbocycles. The summed E-state index contributed by atoms with van der Waals surface area (Å²) in [6.07, 6.45) is 1.86. The van der Waals surface area contributed by atoms with Gasteiger partial charge in [-0.1, -0.05) is 30.3 Å². The van der Waals surface area contributed by atoms with E-state index in [1.165, 1.54) is 13.8 Å². The van der Waals surface area contributed by atoms with Gasteiger partial charge in [-0.05, 0) is 25.7 Å². The van der Waals surface area contributed by atoms with Crippen molar-refractivity contribution < 1.29 is 14.4 Å². The molecule has 4 nitrogen and oxygen atoms in total. The van der Waals surface area contributed by atoms with Crippen LogP contribution >= 0.6 is 0 Å². The van der Waals surface area contributed by atoms with Crippen molar-refractivity contribution in [1.29, 1.82) is 0 Å². The Hall–Kier alpha value is -1.97. The van der Waals surface area contributed by atoms with Gasteiger partial charge >= 0.3 is 0 Å². The van der Waals surface area contributed by atoms with Crippen LogP contribution in [0.25, 0.3) is 0 Å². The van der Waals surface area contributed by atoms with E-state index in [1.807, 2.05) is 30.3 Å². The van der Waals surface area contributed by atoms with Gasteiger partial charge in [-0.3, -0.25) is 14.4 Å². The third kappa shape index (κ3) is 3.78. The van der Waals surface area contributed by atoms with Crippen molar-refractivity contribution >= 4 is 17.5 Å². The van der Waals surface area contributed by atoms with E-state index in [-0.39, 0.29) is 29.4 Å². The summed E-state index contributed by atoms with van der Waals surface area (Å²) in [6, 6.07) is 8.92. The molecule has 0 bridgehead atoms. The summed E-state index contributed by atoms with van der Waals surface area (Å²) in [6.45, 7) is 3.60. The first-order valence-corrected chi connectivity index (χ1v) is 7.35. The molecule has 2 rings (SSSR count). The fourth-order valence-corrected chi connectivity index (χ4v) is 2.97. The molecule has 1 aromatic carbocycles. The van der Waals surface area contributed by atoms with Crippen LogP contribution < -0.4 is 0 Å². The number of Topliss-reactive ketones (excluding diaryl/α,β-unsaturated/α-hetero) is 2. The molecule has 1 aliphatic heterocycles. The lowest BCUT2D eigenvalue weighted by molar-refractivity contribution is -0.135. The number of amides is 1. The Kier molecular flexibility index (Phi) is 4.89. The summed E-state index contributed by atoms with van der Waals surface area (Å²) in [5.74, 6) is 0.320. The number of carbonyl (C=O) groups is 3. The number of hydrogen-bond donors (Lipinski definition) is 0. The minimum absolute atomic E-state index is 0.0297. The highest BCUT2D eigenvalue weighted by Gasteiger charge is 2.36. The smallest absolute Gasteiger partial charge is 0.220 e. The summed E-state index contributed by atoms with van der Waals surface area (Å²) in [5, 5.41) is 0. The van der Waals surface area contributed by atoms with E-state index < -0.39 is 0 Å². The highest BCUT2D eigenvalue weighted by atomic mass is 16.2. The molecule has 0 spiro atoms. The number of nitrogens with zero attached hydrogens (tertiary/aromatic N) is 1. The van der Waals surface area contributed by atoms with Crippen LogP contribution in [0.1, 0.15) is 43.5 Å². The van der Waals surface area contributed by atoms with Crippen LogP contribution in [0.5, 0.6) is 0 Å². The molecule has 1 aromatic rings. The minimum atomic E-state index is -0.306. The quantitative estimate of drug-likeness (QED) is 0.782. The number of ketones is 2. The molecule has 21 heavy (non-hydrogen) atoms. The molecule has 2 atom stereocenters. The van der Waals surface area contributed by atoms with Crippen molar-refractivity contribution in [2.75, 3.05) is 6.54 Å². The largest absolute Gasteiger partial charge is 0.333 e. The van der Waals surface area contributed by atoms with Crippen molar-refractivity contribution in [2.24, 2.45) is 5.92 Å². The van der Waals surface area contributed by atoms with Gasteiger partial charge in [0, 0.05) is 25.5 Å². The number of hydrogen-bond acceptors (Lipinski definition) is 3. The summed E-state index contributed by atoms with van der Waals surface area (Å²) in [7, 11) is 0. The zero-order chi connectivity index (χ0) is 15.4. The zero-order valence-corrected chi connectivity index (χ0v) is 12.5. The van der Waals surface area contributed by atoms with Crippen LogP contribution in [-0.4, -0.2) is 35.0 Å². The van der Waals surface area contributed by atoms with Gasteiger partial charge in [-0.2, -0.15) is 0 Å². The Bertz CT molecular complexity index is 516. The van der Waals surface area contributed by atoms with Gasteiger partial charge in [0.05, 0.1) is 6.04 Å². The molecule has 0 radical (unpaired) electrons. The summed E-state index contributed by atoms with van der Waals surface area (Å²) < 4.78 is 0. The third-order valence-corrected chi connectivity index (χ3v) is 4.14. The average Bonchev–Trinajstić information content (AvgIpc) is 2.90. The van der Waals surface area contributed by atoms with Crippen molar-refractivity contribution in [3.63, 3.8) is 0 Å². The fourth-order valence-electron chi connectivity index (χ4n) is 2.97. The number of likely N-dealkylation sites (tertiary alicyclic amines) is 1. The van der Waals surface area contributed by atoms with E-state index >= 15 is 0 Å². The molecule has 0 unspecified atom stereocenters. The highest BCUT2D eigenvalue weighted by molar-refractivity contribution is 5.96. The molecule has 0 saturated carbocycles. The second kappa shape index (κ2) is 6.66. The highest BCUT2D eigenvalue weighted by Crippen LogP contribution is 2.28. The van der Waals surface area contributed by atoms with Gasteiger partial charge in [0.15, 0.2) is 11.6 Å². The maximum Gasteiger partial charge on any atom is 0.220 e. The lowest BCUT2D eigenvalue weighted by Gasteiger charge is -2.20. The molecule has 1 heterocycles. The molecule has 0 N–H and O–H groups in total. The van der Waals surface area contributed by atoms with Crippen LogP contribution in [0.2, 0.25) is 0 Å². The Morgan fingerprint density at radius 1 is 1.14 bits per heavy atom. The summed E-state index contributed by atoms with van der Waals surface area (Å²) in [4.78, 5) is 36.9. The Labute approximate surface area is 125 Å². The predicted molar refractivity (Wildman–Crippen MR) is 80.0 cm³/mol. The maximum absolute atomic E-state index is 12.1. The summed E-state index contributed by atoms with van der Waals surface area (Å²) >= 11 is 0. The Morgan fingerprint density at radius 2 is 1.81 bits per heavy atom. The predicted octanol–water partition coefficient (Wildman–Crippen LogP) is 2.48. The molecule has 1 fully saturated rings. The van der Waals surface area contributed by atoms with Crippen LogP contribution in [0, 0.1) is 5.92 Å². The maximum atomic E-state index is 12.1. The van der Waals surface area contributed by atoms with Gasteiger partial charge in [-0.15, -0.1) is 0 Å². The second-order valence-corrected chi connectivity index (χ2v) is 5.73. The average molecular weight is 287 g/mol. The Balaban J connectivity index is 1.91. The first kappa shape index (κ1) is 15.4. The van der Waals surface area contributed by atoms with Crippen molar-refractivity contribution in [2.45, 2.75) is 39.2 Å².